The first kappa shape index (κ1) is 59.8. The van der Waals surface area contributed by atoms with Crippen LogP contribution in [0.3, 0.4) is 0 Å². The second-order valence-corrected chi connectivity index (χ2v) is 17.8. The fourth-order valence-electron chi connectivity index (χ4n) is 6.98. The summed E-state index contributed by atoms with van der Waals surface area (Å²) in [4.78, 5) is 79.2. The zero-order valence-corrected chi connectivity index (χ0v) is 40.9. The predicted molar refractivity (Wildman–Crippen MR) is 247 cm³/mol. The third-order valence-electron chi connectivity index (χ3n) is 11.1. The average molecular weight is 898 g/mol. The third-order valence-corrected chi connectivity index (χ3v) is 11.1. The maximum absolute atomic E-state index is 13.5. The summed E-state index contributed by atoms with van der Waals surface area (Å²) in [5.74, 6) is -2.72. The van der Waals surface area contributed by atoms with Gasteiger partial charge in [0.15, 0.2) is 0 Å². The molecule has 0 N–H and O–H groups in total. The van der Waals surface area contributed by atoms with E-state index in [2.05, 4.69) is 27.7 Å². The topological polar surface area (TPSA) is 161 Å². The van der Waals surface area contributed by atoms with Gasteiger partial charge >= 0.3 is 35.8 Å². The Morgan fingerprint density at radius 1 is 0.381 bits per heavy atom. The zero-order valence-electron chi connectivity index (χ0n) is 40.9. The van der Waals surface area contributed by atoms with Crippen molar-refractivity contribution in [3.63, 3.8) is 0 Å². The summed E-state index contributed by atoms with van der Waals surface area (Å²) < 4.78 is 33.7. The minimum Gasteiger partial charge on any atom is -0.466 e. The molecule has 0 spiro atoms. The highest BCUT2D eigenvalue weighted by molar-refractivity contribution is 5.73. The number of esters is 6. The quantitative estimate of drug-likeness (QED) is 0.0323. The van der Waals surface area contributed by atoms with Gasteiger partial charge < -0.3 is 33.3 Å². The number of carbonyl (C=O) groups excluding carboxylic acids is 6. The Bertz CT molecular complexity index is 1130. The van der Waals surface area contributed by atoms with Gasteiger partial charge in [0.05, 0.1) is 13.2 Å². The van der Waals surface area contributed by atoms with E-state index in [1.165, 1.54) is 38.5 Å². The van der Waals surface area contributed by atoms with Gasteiger partial charge in [0.2, 0.25) is 0 Å². The van der Waals surface area contributed by atoms with Gasteiger partial charge in [-0.05, 0) is 71.5 Å². The van der Waals surface area contributed by atoms with Gasteiger partial charge in [0, 0.05) is 38.5 Å². The van der Waals surface area contributed by atoms with Crippen molar-refractivity contribution in [2.24, 2.45) is 11.3 Å². The molecule has 13 nitrogen and oxygen atoms in total. The van der Waals surface area contributed by atoms with Crippen molar-refractivity contribution in [3.8, 4) is 0 Å². The van der Waals surface area contributed by atoms with Crippen LogP contribution in [0.4, 0.5) is 0 Å². The molecule has 0 fully saturated rings. The number of rotatable bonds is 44. The van der Waals surface area contributed by atoms with E-state index in [1.807, 2.05) is 19.0 Å². The second-order valence-electron chi connectivity index (χ2n) is 17.8. The van der Waals surface area contributed by atoms with Crippen molar-refractivity contribution in [2.45, 2.75) is 214 Å². The molecule has 368 valence electrons. The molecule has 0 saturated carbocycles. The summed E-state index contributed by atoms with van der Waals surface area (Å²) in [6, 6.07) is 0. The van der Waals surface area contributed by atoms with Gasteiger partial charge in [-0.2, -0.15) is 0 Å². The highest BCUT2D eigenvalue weighted by Crippen LogP contribution is 2.26. The summed E-state index contributed by atoms with van der Waals surface area (Å²) in [6.45, 7) is 8.58. The maximum atomic E-state index is 13.5. The Morgan fingerprint density at radius 2 is 0.698 bits per heavy atom. The molecule has 0 atom stereocenters. The molecular formula is C50H91NO12. The van der Waals surface area contributed by atoms with Crippen LogP contribution in [0.5, 0.6) is 0 Å². The fourth-order valence-corrected chi connectivity index (χ4v) is 6.98. The molecule has 0 aromatic heterocycles. The van der Waals surface area contributed by atoms with Crippen molar-refractivity contribution in [1.29, 1.82) is 0 Å². The highest BCUT2D eigenvalue weighted by atomic mass is 16.6. The molecule has 0 unspecified atom stereocenters. The van der Waals surface area contributed by atoms with E-state index in [-0.39, 0.29) is 95.7 Å². The molecule has 63 heavy (non-hydrogen) atoms. The predicted octanol–water partition coefficient (Wildman–Crippen LogP) is 10.8. The summed E-state index contributed by atoms with van der Waals surface area (Å²) in [6.07, 6.45) is 22.4. The standard InChI is InChI=1S/C50H91NO12/c1-7-11-15-17-19-23-36-58-44(52)30-25-32-46(54)60-39-50(41-62-48(56)34-27-35-51(5)6,42-63-49(57)38-43(28-21-13-9-3)29-22-14-10-4)40-61-47(55)33-26-31-45(53)59-37-24-20-18-16-12-8-2/h43H,7-42H2,1-6H3. The van der Waals surface area contributed by atoms with Crippen LogP contribution in [0.15, 0.2) is 0 Å². The maximum Gasteiger partial charge on any atom is 0.306 e. The molecule has 0 aliphatic carbocycles. The van der Waals surface area contributed by atoms with Gasteiger partial charge in [0.25, 0.3) is 0 Å². The zero-order chi connectivity index (χ0) is 46.8. The Labute approximate surface area is 382 Å². The van der Waals surface area contributed by atoms with Crippen LogP contribution in [0.2, 0.25) is 0 Å². The number of ether oxygens (including phenoxy) is 6. The third kappa shape index (κ3) is 37.8. The Kier molecular flexibility index (Phi) is 39.4. The largest absolute Gasteiger partial charge is 0.466 e. The molecule has 0 aliphatic rings. The second kappa shape index (κ2) is 41.5. The number of hydrogen-bond donors (Lipinski definition) is 0. The van der Waals surface area contributed by atoms with Crippen molar-refractivity contribution < 1.29 is 57.2 Å². The first-order valence-corrected chi connectivity index (χ1v) is 25.0. The Balaban J connectivity index is 5.81. The van der Waals surface area contributed by atoms with Crippen molar-refractivity contribution >= 4 is 35.8 Å². The van der Waals surface area contributed by atoms with Crippen LogP contribution in [0, 0.1) is 11.3 Å². The van der Waals surface area contributed by atoms with Gasteiger partial charge in [0.1, 0.15) is 31.8 Å². The van der Waals surface area contributed by atoms with E-state index >= 15 is 0 Å². The Morgan fingerprint density at radius 3 is 1.08 bits per heavy atom. The van der Waals surface area contributed by atoms with Crippen LogP contribution in [-0.2, 0) is 57.2 Å². The van der Waals surface area contributed by atoms with E-state index in [0.29, 0.717) is 26.2 Å². The molecule has 13 heteroatoms. The lowest BCUT2D eigenvalue weighted by molar-refractivity contribution is -0.171. The lowest BCUT2D eigenvalue weighted by Crippen LogP contribution is -2.44. The van der Waals surface area contributed by atoms with Crippen molar-refractivity contribution in [1.82, 2.24) is 4.90 Å². The number of unbranched alkanes of at least 4 members (excludes halogenated alkanes) is 14. The average Bonchev–Trinajstić information content (AvgIpc) is 3.25. The molecule has 0 saturated heterocycles. The first-order chi connectivity index (χ1) is 30.4. The molecule has 0 aromatic rings. The van der Waals surface area contributed by atoms with E-state index < -0.39 is 29.3 Å². The van der Waals surface area contributed by atoms with Crippen LogP contribution in [-0.4, -0.2) is 101 Å². The van der Waals surface area contributed by atoms with Gasteiger partial charge in [-0.1, -0.05) is 130 Å². The number of hydrogen-bond acceptors (Lipinski definition) is 13. The van der Waals surface area contributed by atoms with Gasteiger partial charge in [-0.25, -0.2) is 0 Å². The molecule has 0 heterocycles. The SMILES string of the molecule is CCCCCCCCOC(=O)CCCC(=O)OCC(COC(=O)CCCC(=O)OCCCCCCCC)(COC(=O)CCCN(C)C)COC(=O)CC(CCCCC)CCCCC. The number of nitrogens with zero attached hydrogens (tertiary/aromatic N) is 1. The van der Waals surface area contributed by atoms with Crippen LogP contribution >= 0.6 is 0 Å². The van der Waals surface area contributed by atoms with Crippen molar-refractivity contribution in [3.05, 3.63) is 0 Å². The first-order valence-electron chi connectivity index (χ1n) is 25.0. The van der Waals surface area contributed by atoms with Crippen LogP contribution in [0.25, 0.3) is 0 Å². The normalized spacial score (nSPS) is 11.4. The van der Waals surface area contributed by atoms with Crippen LogP contribution < -0.4 is 0 Å². The lowest BCUT2D eigenvalue weighted by Gasteiger charge is -2.32. The molecule has 0 amide bonds. The lowest BCUT2D eigenvalue weighted by atomic mass is 9.91. The van der Waals surface area contributed by atoms with Crippen molar-refractivity contribution in [2.75, 3.05) is 60.3 Å². The van der Waals surface area contributed by atoms with E-state index in [4.69, 9.17) is 28.4 Å². The summed E-state index contributed by atoms with van der Waals surface area (Å²) in [7, 11) is 3.81. The van der Waals surface area contributed by atoms with Gasteiger partial charge in [-0.15, -0.1) is 0 Å². The molecule has 0 aromatic carbocycles. The highest BCUT2D eigenvalue weighted by Gasteiger charge is 2.38. The summed E-state index contributed by atoms with van der Waals surface area (Å²) in [5.41, 5.74) is -1.41. The molecule has 0 rings (SSSR count). The van der Waals surface area contributed by atoms with E-state index in [1.54, 1.807) is 0 Å². The molecule has 0 bridgehead atoms. The summed E-state index contributed by atoms with van der Waals surface area (Å²) >= 11 is 0. The summed E-state index contributed by atoms with van der Waals surface area (Å²) in [5, 5.41) is 0. The van der Waals surface area contributed by atoms with Crippen LogP contribution in [0.1, 0.15) is 214 Å². The fraction of sp³-hybridized carbons (Fsp3) is 0.880. The molecule has 0 radical (unpaired) electrons. The Hall–Kier alpha value is -3.22. The minimum atomic E-state index is -1.41. The van der Waals surface area contributed by atoms with Gasteiger partial charge in [-0.3, -0.25) is 28.8 Å². The van der Waals surface area contributed by atoms with E-state index in [9.17, 15) is 28.8 Å². The monoisotopic (exact) mass is 898 g/mol. The van der Waals surface area contributed by atoms with E-state index in [0.717, 1.165) is 89.9 Å². The molecule has 0 aliphatic heterocycles. The smallest absolute Gasteiger partial charge is 0.306 e. The molecular weight excluding hydrogens is 807 g/mol. The minimum absolute atomic E-state index is 0.0557. The number of carbonyl (C=O) groups is 6.